The van der Waals surface area contributed by atoms with E-state index >= 15 is 0 Å². The van der Waals surface area contributed by atoms with Crippen molar-refractivity contribution < 1.29 is 15.3 Å². The fraction of sp³-hybridized carbons (Fsp3) is 0.241. The second kappa shape index (κ2) is 10.9. The minimum Gasteiger partial charge on any atom is -0.507 e. The first-order valence-electron chi connectivity index (χ1n) is 11.1. The van der Waals surface area contributed by atoms with Gasteiger partial charge in [-0.05, 0) is 58.1 Å². The van der Waals surface area contributed by atoms with Crippen LogP contribution in [0.25, 0.3) is 22.4 Å². The van der Waals surface area contributed by atoms with E-state index in [1.807, 2.05) is 62.4 Å². The van der Waals surface area contributed by atoms with Crippen LogP contribution in [0.4, 0.5) is 0 Å². The van der Waals surface area contributed by atoms with Gasteiger partial charge >= 0.3 is 0 Å². The van der Waals surface area contributed by atoms with E-state index in [1.165, 1.54) is 0 Å². The highest BCUT2D eigenvalue weighted by molar-refractivity contribution is 5.98. The third kappa shape index (κ3) is 5.56. The SMILES string of the molecule is C=C(/C(=C/CO)C(O)CC/C(=C/c1ccc(O)c2ccccc12)c1ccccc1)C(C)C. The second-order valence-corrected chi connectivity index (χ2v) is 8.33. The molecule has 0 aliphatic carbocycles. The third-order valence-electron chi connectivity index (χ3n) is 5.83. The summed E-state index contributed by atoms with van der Waals surface area (Å²) >= 11 is 0. The molecule has 1 atom stereocenters. The van der Waals surface area contributed by atoms with Crippen molar-refractivity contribution in [1.82, 2.24) is 0 Å². The van der Waals surface area contributed by atoms with Crippen LogP contribution in [-0.2, 0) is 0 Å². The van der Waals surface area contributed by atoms with Crippen LogP contribution >= 0.6 is 0 Å². The highest BCUT2D eigenvalue weighted by Gasteiger charge is 2.17. The predicted molar refractivity (Wildman–Crippen MR) is 134 cm³/mol. The molecule has 0 aliphatic heterocycles. The lowest BCUT2D eigenvalue weighted by molar-refractivity contribution is 0.201. The van der Waals surface area contributed by atoms with Gasteiger partial charge in [0.2, 0.25) is 0 Å². The number of phenolic OH excluding ortho intramolecular Hbond substituents is 1. The summed E-state index contributed by atoms with van der Waals surface area (Å²) in [6, 6.07) is 21.6. The van der Waals surface area contributed by atoms with Crippen LogP contribution in [0.5, 0.6) is 5.75 Å². The number of phenols is 1. The molecule has 0 aromatic heterocycles. The van der Waals surface area contributed by atoms with E-state index in [2.05, 4.69) is 24.8 Å². The highest BCUT2D eigenvalue weighted by Crippen LogP contribution is 2.32. The minimum atomic E-state index is -0.708. The molecule has 3 nitrogen and oxygen atoms in total. The van der Waals surface area contributed by atoms with E-state index in [0.717, 1.165) is 33.0 Å². The second-order valence-electron chi connectivity index (χ2n) is 8.33. The first kappa shape index (κ1) is 23.5. The molecular weight excluding hydrogens is 396 g/mol. The summed E-state index contributed by atoms with van der Waals surface area (Å²) < 4.78 is 0. The lowest BCUT2D eigenvalue weighted by Gasteiger charge is -2.21. The molecule has 0 bridgehead atoms. The molecule has 0 amide bonds. The van der Waals surface area contributed by atoms with Crippen LogP contribution in [-0.4, -0.2) is 28.0 Å². The molecule has 0 saturated heterocycles. The zero-order valence-corrected chi connectivity index (χ0v) is 18.8. The Morgan fingerprint density at radius 2 is 1.59 bits per heavy atom. The molecule has 0 aliphatic rings. The summed E-state index contributed by atoms with van der Waals surface area (Å²) in [6.07, 6.45) is 4.24. The fourth-order valence-corrected chi connectivity index (χ4v) is 3.93. The molecule has 0 radical (unpaired) electrons. The Labute approximate surface area is 190 Å². The molecule has 3 heteroatoms. The lowest BCUT2D eigenvalue weighted by Crippen LogP contribution is -2.15. The van der Waals surface area contributed by atoms with Crippen LogP contribution < -0.4 is 0 Å². The van der Waals surface area contributed by atoms with Gasteiger partial charge in [-0.1, -0.05) is 93.2 Å². The minimum absolute atomic E-state index is 0.126. The smallest absolute Gasteiger partial charge is 0.123 e. The van der Waals surface area contributed by atoms with Gasteiger partial charge in [-0.15, -0.1) is 0 Å². The van der Waals surface area contributed by atoms with E-state index in [1.54, 1.807) is 12.1 Å². The van der Waals surface area contributed by atoms with Crippen LogP contribution in [0, 0.1) is 5.92 Å². The predicted octanol–water partition coefficient (Wildman–Crippen LogP) is 6.36. The summed E-state index contributed by atoms with van der Waals surface area (Å²) in [5.74, 6) is 0.454. The molecule has 3 N–H and O–H groups in total. The van der Waals surface area contributed by atoms with Gasteiger partial charge in [-0.2, -0.15) is 0 Å². The lowest BCUT2D eigenvalue weighted by atomic mass is 9.88. The molecule has 3 aromatic rings. The van der Waals surface area contributed by atoms with E-state index in [4.69, 9.17) is 0 Å². The number of hydrogen-bond acceptors (Lipinski definition) is 3. The number of aliphatic hydroxyl groups excluding tert-OH is 2. The van der Waals surface area contributed by atoms with Gasteiger partial charge in [0.25, 0.3) is 0 Å². The van der Waals surface area contributed by atoms with Gasteiger partial charge in [0.15, 0.2) is 0 Å². The molecule has 0 fully saturated rings. The van der Waals surface area contributed by atoms with E-state index in [0.29, 0.717) is 18.4 Å². The topological polar surface area (TPSA) is 60.7 Å². The van der Waals surface area contributed by atoms with Crippen molar-refractivity contribution in [3.05, 3.63) is 102 Å². The maximum Gasteiger partial charge on any atom is 0.123 e. The fourth-order valence-electron chi connectivity index (χ4n) is 3.93. The largest absolute Gasteiger partial charge is 0.507 e. The quantitative estimate of drug-likeness (QED) is 0.275. The monoisotopic (exact) mass is 428 g/mol. The molecule has 3 aromatic carbocycles. The molecule has 0 heterocycles. The van der Waals surface area contributed by atoms with Crippen molar-refractivity contribution in [2.24, 2.45) is 5.92 Å². The van der Waals surface area contributed by atoms with Crippen molar-refractivity contribution in [1.29, 1.82) is 0 Å². The Balaban J connectivity index is 1.96. The van der Waals surface area contributed by atoms with Gasteiger partial charge in [0.1, 0.15) is 5.75 Å². The van der Waals surface area contributed by atoms with Crippen molar-refractivity contribution in [3.63, 3.8) is 0 Å². The van der Waals surface area contributed by atoms with Crippen molar-refractivity contribution in [2.45, 2.75) is 32.8 Å². The van der Waals surface area contributed by atoms with Gasteiger partial charge in [0.05, 0.1) is 12.7 Å². The Morgan fingerprint density at radius 3 is 2.25 bits per heavy atom. The Bertz CT molecular complexity index is 1120. The van der Waals surface area contributed by atoms with Crippen molar-refractivity contribution in [3.8, 4) is 5.75 Å². The summed E-state index contributed by atoms with van der Waals surface area (Å²) in [5.41, 5.74) is 4.77. The third-order valence-corrected chi connectivity index (χ3v) is 5.83. The maximum atomic E-state index is 10.9. The van der Waals surface area contributed by atoms with E-state index < -0.39 is 6.10 Å². The zero-order chi connectivity index (χ0) is 23.1. The number of benzene rings is 3. The summed E-state index contributed by atoms with van der Waals surface area (Å²) in [7, 11) is 0. The summed E-state index contributed by atoms with van der Waals surface area (Å²) in [5, 5.41) is 32.4. The number of fused-ring (bicyclic) bond motifs is 1. The van der Waals surface area contributed by atoms with Crippen LogP contribution in [0.3, 0.4) is 0 Å². The summed E-state index contributed by atoms with van der Waals surface area (Å²) in [6.45, 7) is 8.05. The van der Waals surface area contributed by atoms with Crippen LogP contribution in [0.1, 0.15) is 37.8 Å². The standard InChI is InChI=1S/C29H32O3/c1-20(2)21(3)25(17-18-30)28(31)15-13-23(22-9-5-4-6-10-22)19-24-14-16-29(32)27-12-8-7-11-26(24)27/h4-12,14,16-17,19-20,28,30-32H,3,13,15,18H2,1-2H3/b23-19-,25-17-. The van der Waals surface area contributed by atoms with Crippen LogP contribution in [0.15, 0.2) is 90.5 Å². The first-order valence-corrected chi connectivity index (χ1v) is 11.1. The molecule has 166 valence electrons. The van der Waals surface area contributed by atoms with Crippen molar-refractivity contribution >= 4 is 22.4 Å². The number of aromatic hydroxyl groups is 1. The number of aliphatic hydroxyl groups is 2. The average molecular weight is 429 g/mol. The van der Waals surface area contributed by atoms with Crippen molar-refractivity contribution in [2.75, 3.05) is 6.61 Å². The van der Waals surface area contributed by atoms with E-state index in [9.17, 15) is 15.3 Å². The van der Waals surface area contributed by atoms with Gasteiger partial charge in [-0.3, -0.25) is 0 Å². The number of allylic oxidation sites excluding steroid dienone is 1. The van der Waals surface area contributed by atoms with Gasteiger partial charge in [0, 0.05) is 5.39 Å². The molecule has 3 rings (SSSR count). The normalized spacial score (nSPS) is 13.5. The first-order chi connectivity index (χ1) is 15.4. The van der Waals surface area contributed by atoms with Gasteiger partial charge in [-0.25, -0.2) is 0 Å². The maximum absolute atomic E-state index is 10.9. The number of rotatable bonds is 9. The Hall–Kier alpha value is -3.14. The molecular formula is C29H32O3. The van der Waals surface area contributed by atoms with E-state index in [-0.39, 0.29) is 18.3 Å². The highest BCUT2D eigenvalue weighted by atomic mass is 16.3. The molecule has 32 heavy (non-hydrogen) atoms. The summed E-state index contributed by atoms with van der Waals surface area (Å²) in [4.78, 5) is 0. The van der Waals surface area contributed by atoms with Crippen LogP contribution in [0.2, 0.25) is 0 Å². The average Bonchev–Trinajstić information content (AvgIpc) is 2.81. The zero-order valence-electron chi connectivity index (χ0n) is 18.8. The Kier molecular flexibility index (Phi) is 8.04. The number of hydrogen-bond donors (Lipinski definition) is 3. The molecule has 0 saturated carbocycles. The molecule has 0 spiro atoms. The Morgan fingerprint density at radius 1 is 0.938 bits per heavy atom. The molecule has 1 unspecified atom stereocenters. The van der Waals surface area contributed by atoms with Gasteiger partial charge < -0.3 is 15.3 Å².